The minimum Gasteiger partial charge on any atom is -0.308 e. The molecule has 1 aromatic carbocycles. The fourth-order valence-electron chi connectivity index (χ4n) is 1.72. The van der Waals surface area contributed by atoms with Crippen LogP contribution in [0.1, 0.15) is 32.2 Å². The average Bonchev–Trinajstić information content (AvgIpc) is 2.84. The summed E-state index contributed by atoms with van der Waals surface area (Å²) in [5.41, 5.74) is 0.951. The number of hydrogen-bond acceptors (Lipinski definition) is 4. The van der Waals surface area contributed by atoms with Gasteiger partial charge in [-0.1, -0.05) is 6.07 Å². The quantitative estimate of drug-likeness (QED) is 0.930. The number of nitriles is 1. The van der Waals surface area contributed by atoms with Crippen molar-refractivity contribution in [3.8, 4) is 11.8 Å². The highest BCUT2D eigenvalue weighted by Crippen LogP contribution is 2.18. The van der Waals surface area contributed by atoms with Crippen molar-refractivity contribution in [2.45, 2.75) is 32.9 Å². The normalized spacial score (nSPS) is 11.3. The van der Waals surface area contributed by atoms with Gasteiger partial charge in [0, 0.05) is 17.6 Å². The summed E-state index contributed by atoms with van der Waals surface area (Å²) < 4.78 is 15.5. The number of nitrogens with one attached hydrogen (secondary N) is 1. The van der Waals surface area contributed by atoms with Gasteiger partial charge in [-0.2, -0.15) is 5.26 Å². The van der Waals surface area contributed by atoms with E-state index in [9.17, 15) is 4.39 Å². The molecule has 0 bridgehead atoms. The molecule has 20 heavy (non-hydrogen) atoms. The molecule has 0 saturated carbocycles. The Morgan fingerprint density at radius 3 is 2.75 bits per heavy atom. The van der Waals surface area contributed by atoms with Gasteiger partial charge in [-0.15, -0.1) is 5.10 Å². The third kappa shape index (κ3) is 3.19. The zero-order valence-corrected chi connectivity index (χ0v) is 11.7. The van der Waals surface area contributed by atoms with Crippen molar-refractivity contribution in [2.75, 3.05) is 0 Å². The first-order valence-electron chi connectivity index (χ1n) is 6.25. The molecule has 0 radical (unpaired) electrons. The summed E-state index contributed by atoms with van der Waals surface area (Å²) in [6.45, 7) is 6.40. The van der Waals surface area contributed by atoms with Gasteiger partial charge in [0.2, 0.25) is 0 Å². The van der Waals surface area contributed by atoms with Crippen LogP contribution in [0.3, 0.4) is 0 Å². The summed E-state index contributed by atoms with van der Waals surface area (Å²) in [7, 11) is 0. The summed E-state index contributed by atoms with van der Waals surface area (Å²) in [6.07, 6.45) is 1.41. The Labute approximate surface area is 117 Å². The number of benzene rings is 1. The molecule has 5 nitrogen and oxygen atoms in total. The molecule has 0 amide bonds. The van der Waals surface area contributed by atoms with Crippen molar-refractivity contribution in [3.05, 3.63) is 41.7 Å². The molecule has 0 fully saturated rings. The second-order valence-corrected chi connectivity index (χ2v) is 5.47. The molecular weight excluding hydrogens is 257 g/mol. The molecule has 0 atom stereocenters. The second-order valence-electron chi connectivity index (χ2n) is 5.47. The maximum absolute atomic E-state index is 14.0. The van der Waals surface area contributed by atoms with Crippen LogP contribution in [0.25, 0.3) is 5.69 Å². The van der Waals surface area contributed by atoms with E-state index in [0.717, 1.165) is 0 Å². The first kappa shape index (κ1) is 14.2. The molecule has 2 aromatic rings. The van der Waals surface area contributed by atoms with Crippen molar-refractivity contribution >= 4 is 0 Å². The van der Waals surface area contributed by atoms with Crippen LogP contribution in [0.4, 0.5) is 4.39 Å². The van der Waals surface area contributed by atoms with Crippen LogP contribution in [0.5, 0.6) is 0 Å². The molecule has 0 aliphatic heterocycles. The van der Waals surface area contributed by atoms with Crippen LogP contribution in [0.15, 0.2) is 24.5 Å². The van der Waals surface area contributed by atoms with Gasteiger partial charge in [-0.25, -0.2) is 14.1 Å². The first-order chi connectivity index (χ1) is 9.40. The van der Waals surface area contributed by atoms with Crippen LogP contribution in [0.2, 0.25) is 0 Å². The van der Waals surface area contributed by atoms with Crippen molar-refractivity contribution in [2.24, 2.45) is 0 Å². The summed E-state index contributed by atoms with van der Waals surface area (Å²) in [4.78, 5) is 3.84. The molecular formula is C14H16FN5. The highest BCUT2D eigenvalue weighted by Gasteiger charge is 2.15. The summed E-state index contributed by atoms with van der Waals surface area (Å²) in [5.74, 6) is -0.253. The number of halogens is 1. The highest BCUT2D eigenvalue weighted by atomic mass is 19.1. The lowest BCUT2D eigenvalue weighted by molar-refractivity contribution is 0.418. The van der Waals surface area contributed by atoms with Gasteiger partial charge >= 0.3 is 0 Å². The largest absolute Gasteiger partial charge is 0.308 e. The Morgan fingerprint density at radius 2 is 2.15 bits per heavy atom. The summed E-state index contributed by atoms with van der Waals surface area (Å²) in [5, 5.41) is 16.0. The number of nitrogens with zero attached hydrogens (tertiary/aromatic N) is 4. The van der Waals surface area contributed by atoms with E-state index in [4.69, 9.17) is 5.26 Å². The Kier molecular flexibility index (Phi) is 3.81. The molecule has 0 spiro atoms. The Balaban J connectivity index is 2.38. The molecule has 2 rings (SSSR count). The molecule has 0 unspecified atom stereocenters. The summed E-state index contributed by atoms with van der Waals surface area (Å²) in [6, 6.07) is 6.62. The minimum absolute atomic E-state index is 0.0593. The maximum atomic E-state index is 14.0. The van der Waals surface area contributed by atoms with Crippen LogP contribution < -0.4 is 5.32 Å². The first-order valence-corrected chi connectivity index (χ1v) is 6.25. The van der Waals surface area contributed by atoms with Gasteiger partial charge in [0.1, 0.15) is 18.2 Å². The lowest BCUT2D eigenvalue weighted by atomic mass is 10.1. The topological polar surface area (TPSA) is 66.5 Å². The lowest BCUT2D eigenvalue weighted by Gasteiger charge is -2.21. The van der Waals surface area contributed by atoms with Crippen molar-refractivity contribution in [1.82, 2.24) is 20.1 Å². The Hall–Kier alpha value is -2.26. The van der Waals surface area contributed by atoms with Crippen molar-refractivity contribution < 1.29 is 4.39 Å². The van der Waals surface area contributed by atoms with Crippen molar-refractivity contribution in [1.29, 1.82) is 5.26 Å². The van der Waals surface area contributed by atoms with E-state index >= 15 is 0 Å². The second kappa shape index (κ2) is 5.39. The molecule has 0 aliphatic carbocycles. The average molecular weight is 273 g/mol. The zero-order valence-electron chi connectivity index (χ0n) is 11.7. The Morgan fingerprint density at radius 1 is 1.40 bits per heavy atom. The van der Waals surface area contributed by atoms with Crippen LogP contribution in [-0.4, -0.2) is 20.3 Å². The third-order valence-corrected chi connectivity index (χ3v) is 2.73. The van der Waals surface area contributed by atoms with Gasteiger partial charge in [0.05, 0.1) is 5.69 Å². The number of rotatable bonds is 3. The number of hydrogen-bond donors (Lipinski definition) is 1. The minimum atomic E-state index is -0.312. The number of aromatic nitrogens is 3. The summed E-state index contributed by atoms with van der Waals surface area (Å²) >= 11 is 0. The van der Waals surface area contributed by atoms with Gasteiger partial charge in [-0.05, 0) is 32.9 Å². The fraction of sp³-hybridized carbons (Fsp3) is 0.357. The van der Waals surface area contributed by atoms with Gasteiger partial charge in [0.15, 0.2) is 0 Å². The maximum Gasteiger partial charge on any atom is 0.252 e. The van der Waals surface area contributed by atoms with Crippen LogP contribution in [-0.2, 0) is 6.54 Å². The molecule has 6 heteroatoms. The Bertz CT molecular complexity index is 648. The standard InChI is InChI=1S/C14H16FN5/c1-14(2,3)18-8-10-11(15)5-4-6-12(10)20-9-17-13(7-16)19-20/h4-6,9,18H,8H2,1-3H3. The monoisotopic (exact) mass is 273 g/mol. The van der Waals surface area contributed by atoms with E-state index in [1.165, 1.54) is 17.1 Å². The molecule has 1 heterocycles. The van der Waals surface area contributed by atoms with E-state index in [1.54, 1.807) is 12.1 Å². The van der Waals surface area contributed by atoms with Gasteiger partial charge in [-0.3, -0.25) is 0 Å². The zero-order chi connectivity index (χ0) is 14.8. The smallest absolute Gasteiger partial charge is 0.252 e. The van der Waals surface area contributed by atoms with E-state index in [-0.39, 0.29) is 17.2 Å². The van der Waals surface area contributed by atoms with Crippen molar-refractivity contribution in [3.63, 3.8) is 0 Å². The van der Waals surface area contributed by atoms with E-state index < -0.39 is 0 Å². The van der Waals surface area contributed by atoms with Crippen LogP contribution >= 0.6 is 0 Å². The third-order valence-electron chi connectivity index (χ3n) is 2.73. The molecule has 1 N–H and O–H groups in total. The predicted octanol–water partition coefficient (Wildman–Crippen LogP) is 2.17. The molecule has 1 aromatic heterocycles. The van der Waals surface area contributed by atoms with Crippen LogP contribution in [0, 0.1) is 17.1 Å². The van der Waals surface area contributed by atoms with E-state index in [0.29, 0.717) is 17.8 Å². The van der Waals surface area contributed by atoms with Gasteiger partial charge in [0.25, 0.3) is 5.82 Å². The predicted molar refractivity (Wildman–Crippen MR) is 72.6 cm³/mol. The fourth-order valence-corrected chi connectivity index (χ4v) is 1.72. The van der Waals surface area contributed by atoms with E-state index in [1.807, 2.05) is 26.8 Å². The molecule has 104 valence electrons. The highest BCUT2D eigenvalue weighted by molar-refractivity contribution is 5.41. The van der Waals surface area contributed by atoms with Gasteiger partial charge < -0.3 is 5.32 Å². The van der Waals surface area contributed by atoms with E-state index in [2.05, 4.69) is 15.4 Å². The molecule has 0 saturated heterocycles. The SMILES string of the molecule is CC(C)(C)NCc1c(F)cccc1-n1cnc(C#N)n1. The lowest BCUT2D eigenvalue weighted by Crippen LogP contribution is -2.35. The molecule has 0 aliphatic rings.